The fourth-order valence-corrected chi connectivity index (χ4v) is 3.66. The molecular weight excluding hydrogens is 310 g/mol. The van der Waals surface area contributed by atoms with Gasteiger partial charge in [-0.1, -0.05) is 12.8 Å². The first-order chi connectivity index (χ1) is 9.15. The molecule has 4 nitrogen and oxygen atoms in total. The Morgan fingerprint density at radius 3 is 2.63 bits per heavy atom. The first-order valence-corrected chi connectivity index (χ1v) is 7.40. The van der Waals surface area contributed by atoms with Crippen LogP contribution in [0.5, 0.6) is 17.2 Å². The van der Waals surface area contributed by atoms with Crippen LogP contribution in [0.1, 0.15) is 31.2 Å². The zero-order valence-corrected chi connectivity index (χ0v) is 12.6. The molecule has 0 atom stereocenters. The molecular formula is C14H18BrNO3. The van der Waals surface area contributed by atoms with E-state index < -0.39 is 0 Å². The Kier molecular flexibility index (Phi) is 3.35. The molecule has 0 aromatic heterocycles. The molecule has 1 aromatic rings. The number of halogens is 1. The average Bonchev–Trinajstić information content (AvgIpc) is 2.87. The van der Waals surface area contributed by atoms with Gasteiger partial charge in [-0.3, -0.25) is 0 Å². The maximum absolute atomic E-state index is 6.56. The predicted octanol–water partition coefficient (Wildman–Crippen LogP) is 2.96. The van der Waals surface area contributed by atoms with Crippen LogP contribution in [0.15, 0.2) is 10.5 Å². The molecule has 0 amide bonds. The van der Waals surface area contributed by atoms with Crippen LogP contribution in [-0.2, 0) is 5.54 Å². The lowest BCUT2D eigenvalue weighted by atomic mass is 9.88. The van der Waals surface area contributed by atoms with Crippen molar-refractivity contribution < 1.29 is 14.2 Å². The Morgan fingerprint density at radius 1 is 1.26 bits per heavy atom. The van der Waals surface area contributed by atoms with Gasteiger partial charge >= 0.3 is 0 Å². The zero-order valence-electron chi connectivity index (χ0n) is 11.0. The van der Waals surface area contributed by atoms with E-state index >= 15 is 0 Å². The Bertz CT molecular complexity index is 498. The lowest BCUT2D eigenvalue weighted by molar-refractivity contribution is 0.168. The van der Waals surface area contributed by atoms with Crippen molar-refractivity contribution in [2.24, 2.45) is 5.73 Å². The highest BCUT2D eigenvalue weighted by molar-refractivity contribution is 9.10. The maximum Gasteiger partial charge on any atom is 0.179 e. The third-order valence-corrected chi connectivity index (χ3v) is 4.69. The minimum absolute atomic E-state index is 0.316. The molecule has 0 unspecified atom stereocenters. The molecule has 0 spiro atoms. The normalized spacial score (nSPS) is 20.4. The number of ether oxygens (including phenoxy) is 3. The highest BCUT2D eigenvalue weighted by atomic mass is 79.9. The van der Waals surface area contributed by atoms with Gasteiger partial charge in [-0.2, -0.15) is 0 Å². The van der Waals surface area contributed by atoms with Gasteiger partial charge in [0, 0.05) is 11.1 Å². The van der Waals surface area contributed by atoms with E-state index in [4.69, 9.17) is 19.9 Å². The van der Waals surface area contributed by atoms with E-state index in [2.05, 4.69) is 15.9 Å². The van der Waals surface area contributed by atoms with E-state index in [1.165, 1.54) is 0 Å². The first-order valence-electron chi connectivity index (χ1n) is 6.61. The summed E-state index contributed by atoms with van der Waals surface area (Å²) in [6.45, 7) is 1.13. The van der Waals surface area contributed by atoms with Crippen LogP contribution >= 0.6 is 15.9 Å². The van der Waals surface area contributed by atoms with E-state index in [1.807, 2.05) is 6.07 Å². The van der Waals surface area contributed by atoms with Crippen molar-refractivity contribution in [1.29, 1.82) is 0 Å². The zero-order chi connectivity index (χ0) is 13.5. The molecule has 1 aliphatic carbocycles. The summed E-state index contributed by atoms with van der Waals surface area (Å²) < 4.78 is 17.7. The number of benzene rings is 1. The minimum atomic E-state index is -0.316. The molecule has 2 N–H and O–H groups in total. The number of nitrogens with two attached hydrogens (primary N) is 1. The lowest BCUT2D eigenvalue weighted by Gasteiger charge is -2.30. The fourth-order valence-electron chi connectivity index (χ4n) is 2.97. The summed E-state index contributed by atoms with van der Waals surface area (Å²) in [7, 11) is 1.66. The molecule has 1 saturated carbocycles. The summed E-state index contributed by atoms with van der Waals surface area (Å²) in [5, 5.41) is 0. The van der Waals surface area contributed by atoms with Gasteiger partial charge in [0.15, 0.2) is 11.5 Å². The highest BCUT2D eigenvalue weighted by Gasteiger charge is 2.36. The standard InChI is InChI=1S/C14H18BrNO3/c1-17-12-9(14(16)4-2-3-5-14)8-10-13(11(12)15)19-7-6-18-10/h8H,2-7,16H2,1H3. The number of hydrogen-bond donors (Lipinski definition) is 1. The third-order valence-electron chi connectivity index (χ3n) is 3.97. The molecule has 3 rings (SSSR count). The summed E-state index contributed by atoms with van der Waals surface area (Å²) in [5.74, 6) is 2.24. The molecule has 0 saturated heterocycles. The quantitative estimate of drug-likeness (QED) is 0.907. The van der Waals surface area contributed by atoms with Crippen LogP contribution in [0.25, 0.3) is 0 Å². The number of methoxy groups -OCH3 is 1. The number of hydrogen-bond acceptors (Lipinski definition) is 4. The highest BCUT2D eigenvalue weighted by Crippen LogP contribution is 2.50. The number of fused-ring (bicyclic) bond motifs is 1. The van der Waals surface area contributed by atoms with E-state index in [-0.39, 0.29) is 5.54 Å². The van der Waals surface area contributed by atoms with Crippen LogP contribution in [0.4, 0.5) is 0 Å². The van der Waals surface area contributed by atoms with Crippen LogP contribution in [0, 0.1) is 0 Å². The van der Waals surface area contributed by atoms with Gasteiger partial charge in [0.25, 0.3) is 0 Å². The largest absolute Gasteiger partial charge is 0.495 e. The fraction of sp³-hybridized carbons (Fsp3) is 0.571. The summed E-state index contributed by atoms with van der Waals surface area (Å²) in [4.78, 5) is 0. The van der Waals surface area contributed by atoms with Crippen molar-refractivity contribution in [3.63, 3.8) is 0 Å². The second-order valence-electron chi connectivity index (χ2n) is 5.16. The monoisotopic (exact) mass is 327 g/mol. The second kappa shape index (κ2) is 4.87. The van der Waals surface area contributed by atoms with Gasteiger partial charge in [0.1, 0.15) is 23.4 Å². The molecule has 2 aliphatic rings. The van der Waals surface area contributed by atoms with Crippen molar-refractivity contribution in [1.82, 2.24) is 0 Å². The van der Waals surface area contributed by atoms with Gasteiger partial charge < -0.3 is 19.9 Å². The third kappa shape index (κ3) is 2.09. The molecule has 19 heavy (non-hydrogen) atoms. The molecule has 1 aromatic carbocycles. The van der Waals surface area contributed by atoms with Crippen LogP contribution in [0.3, 0.4) is 0 Å². The topological polar surface area (TPSA) is 53.7 Å². The van der Waals surface area contributed by atoms with Gasteiger partial charge in [-0.05, 0) is 34.8 Å². The van der Waals surface area contributed by atoms with Gasteiger partial charge in [-0.25, -0.2) is 0 Å². The van der Waals surface area contributed by atoms with Crippen LogP contribution in [0.2, 0.25) is 0 Å². The van der Waals surface area contributed by atoms with E-state index in [1.54, 1.807) is 7.11 Å². The Balaban J connectivity index is 2.15. The van der Waals surface area contributed by atoms with Crippen molar-refractivity contribution in [2.45, 2.75) is 31.2 Å². The molecule has 1 aliphatic heterocycles. The summed E-state index contributed by atoms with van der Waals surface area (Å²) in [6.07, 6.45) is 4.28. The SMILES string of the molecule is COc1c(C2(N)CCCC2)cc2c(c1Br)OCCO2. The van der Waals surface area contributed by atoms with Crippen molar-refractivity contribution in [3.8, 4) is 17.2 Å². The predicted molar refractivity (Wildman–Crippen MR) is 76.0 cm³/mol. The van der Waals surface area contributed by atoms with E-state index in [0.717, 1.165) is 47.2 Å². The lowest BCUT2D eigenvalue weighted by Crippen LogP contribution is -2.34. The summed E-state index contributed by atoms with van der Waals surface area (Å²) >= 11 is 3.56. The van der Waals surface area contributed by atoms with Crippen molar-refractivity contribution in [3.05, 3.63) is 16.1 Å². The van der Waals surface area contributed by atoms with E-state index in [9.17, 15) is 0 Å². The number of rotatable bonds is 2. The smallest absolute Gasteiger partial charge is 0.179 e. The molecule has 5 heteroatoms. The Labute approximate surface area is 121 Å². The van der Waals surface area contributed by atoms with Crippen molar-refractivity contribution in [2.75, 3.05) is 20.3 Å². The summed E-state index contributed by atoms with van der Waals surface area (Å²) in [6, 6.07) is 1.99. The molecule has 104 valence electrons. The van der Waals surface area contributed by atoms with Gasteiger partial charge in [-0.15, -0.1) is 0 Å². The minimum Gasteiger partial charge on any atom is -0.495 e. The van der Waals surface area contributed by atoms with E-state index in [0.29, 0.717) is 19.0 Å². The maximum atomic E-state index is 6.56. The average molecular weight is 328 g/mol. The molecule has 1 fully saturated rings. The Morgan fingerprint density at radius 2 is 1.95 bits per heavy atom. The first kappa shape index (κ1) is 13.1. The van der Waals surface area contributed by atoms with Crippen LogP contribution < -0.4 is 19.9 Å². The van der Waals surface area contributed by atoms with Gasteiger partial charge in [0.2, 0.25) is 0 Å². The second-order valence-corrected chi connectivity index (χ2v) is 5.95. The van der Waals surface area contributed by atoms with Gasteiger partial charge in [0.05, 0.1) is 7.11 Å². The molecule has 0 bridgehead atoms. The Hall–Kier alpha value is -0.940. The molecule has 1 heterocycles. The van der Waals surface area contributed by atoms with Crippen molar-refractivity contribution >= 4 is 15.9 Å². The van der Waals surface area contributed by atoms with Crippen LogP contribution in [-0.4, -0.2) is 20.3 Å². The molecule has 0 radical (unpaired) electrons. The summed E-state index contributed by atoms with van der Waals surface area (Å²) in [5.41, 5.74) is 7.26.